The fourth-order valence-electron chi connectivity index (χ4n) is 3.00. The minimum atomic E-state index is 0.0698. The van der Waals surface area contributed by atoms with Crippen molar-refractivity contribution in [3.8, 4) is 0 Å². The lowest BCUT2D eigenvalue weighted by atomic mass is 9.93. The molecule has 0 spiro atoms. The molecule has 0 amide bonds. The first-order chi connectivity index (χ1) is 9.33. The minimum absolute atomic E-state index is 0.0698. The van der Waals surface area contributed by atoms with Gasteiger partial charge in [-0.1, -0.05) is 12.2 Å². The number of hydrogen-bond acceptors (Lipinski definition) is 4. The maximum Gasteiger partial charge on any atom is 0.163 e. The van der Waals surface area contributed by atoms with Crippen molar-refractivity contribution >= 4 is 0 Å². The highest BCUT2D eigenvalue weighted by Crippen LogP contribution is 2.24. The van der Waals surface area contributed by atoms with Crippen LogP contribution in [0.25, 0.3) is 0 Å². The Hall–Kier alpha value is -1.20. The second-order valence-electron chi connectivity index (χ2n) is 5.57. The van der Waals surface area contributed by atoms with Crippen LogP contribution in [0.15, 0.2) is 18.5 Å². The number of ether oxygens (including phenoxy) is 1. The van der Waals surface area contributed by atoms with E-state index < -0.39 is 0 Å². The standard InChI is InChI=1S/C14H22N4O/c1-17-11-15-16-14(17)13-10-18(7-8-19-13)9-12-5-3-2-4-6-12/h2-3,11-13H,4-10H2,1H3/t12-,13-/m0/s1. The van der Waals surface area contributed by atoms with Crippen molar-refractivity contribution in [3.05, 3.63) is 24.3 Å². The van der Waals surface area contributed by atoms with E-state index in [1.807, 2.05) is 11.6 Å². The van der Waals surface area contributed by atoms with E-state index in [1.165, 1.54) is 25.8 Å². The van der Waals surface area contributed by atoms with E-state index in [-0.39, 0.29) is 6.10 Å². The fraction of sp³-hybridized carbons (Fsp3) is 0.714. The highest BCUT2D eigenvalue weighted by molar-refractivity contribution is 4.95. The van der Waals surface area contributed by atoms with Crippen molar-refractivity contribution in [3.63, 3.8) is 0 Å². The Labute approximate surface area is 114 Å². The van der Waals surface area contributed by atoms with Crippen molar-refractivity contribution in [1.29, 1.82) is 0 Å². The van der Waals surface area contributed by atoms with Gasteiger partial charge in [-0.05, 0) is 25.2 Å². The number of aryl methyl sites for hydroxylation is 1. The molecule has 2 aliphatic rings. The van der Waals surface area contributed by atoms with E-state index in [4.69, 9.17) is 4.74 Å². The molecular formula is C14H22N4O. The van der Waals surface area contributed by atoms with Crippen LogP contribution in [0.3, 0.4) is 0 Å². The van der Waals surface area contributed by atoms with Gasteiger partial charge in [0.2, 0.25) is 0 Å². The molecule has 0 bridgehead atoms. The van der Waals surface area contributed by atoms with Gasteiger partial charge in [0, 0.05) is 26.7 Å². The summed E-state index contributed by atoms with van der Waals surface area (Å²) in [7, 11) is 1.98. The Bertz CT molecular complexity index is 442. The van der Waals surface area contributed by atoms with E-state index in [0.29, 0.717) is 0 Å². The van der Waals surface area contributed by atoms with Crippen LogP contribution in [0.5, 0.6) is 0 Å². The molecule has 0 unspecified atom stereocenters. The Kier molecular flexibility index (Phi) is 3.94. The molecule has 0 N–H and O–H groups in total. The quantitative estimate of drug-likeness (QED) is 0.775. The predicted molar refractivity (Wildman–Crippen MR) is 72.6 cm³/mol. The SMILES string of the molecule is Cn1cnnc1[C@@H]1CN(C[C@H]2CC=CCC2)CCO1. The van der Waals surface area contributed by atoms with Gasteiger partial charge in [-0.3, -0.25) is 4.90 Å². The molecule has 5 nitrogen and oxygen atoms in total. The molecule has 1 fully saturated rings. The van der Waals surface area contributed by atoms with Crippen LogP contribution in [-0.2, 0) is 11.8 Å². The van der Waals surface area contributed by atoms with E-state index >= 15 is 0 Å². The molecule has 19 heavy (non-hydrogen) atoms. The second kappa shape index (κ2) is 5.84. The molecule has 1 saturated heterocycles. The fourth-order valence-corrected chi connectivity index (χ4v) is 3.00. The summed E-state index contributed by atoms with van der Waals surface area (Å²) >= 11 is 0. The topological polar surface area (TPSA) is 43.2 Å². The summed E-state index contributed by atoms with van der Waals surface area (Å²) in [6.45, 7) is 3.95. The lowest BCUT2D eigenvalue weighted by Gasteiger charge is -2.34. The van der Waals surface area contributed by atoms with Gasteiger partial charge in [-0.15, -0.1) is 10.2 Å². The summed E-state index contributed by atoms with van der Waals surface area (Å²) in [5.74, 6) is 1.75. The van der Waals surface area contributed by atoms with Gasteiger partial charge in [0.1, 0.15) is 12.4 Å². The summed E-state index contributed by atoms with van der Waals surface area (Å²) < 4.78 is 7.80. The van der Waals surface area contributed by atoms with Crippen molar-refractivity contribution in [2.24, 2.45) is 13.0 Å². The Morgan fingerprint density at radius 2 is 2.37 bits per heavy atom. The maximum absolute atomic E-state index is 5.84. The van der Waals surface area contributed by atoms with Crippen LogP contribution in [0, 0.1) is 5.92 Å². The molecule has 0 aromatic carbocycles. The molecule has 1 aliphatic carbocycles. The molecule has 2 atom stereocenters. The number of rotatable bonds is 3. The number of morpholine rings is 1. The third-order valence-electron chi connectivity index (χ3n) is 4.08. The Balaban J connectivity index is 1.59. The van der Waals surface area contributed by atoms with E-state index in [0.717, 1.165) is 31.4 Å². The van der Waals surface area contributed by atoms with Gasteiger partial charge in [0.25, 0.3) is 0 Å². The third-order valence-corrected chi connectivity index (χ3v) is 4.08. The van der Waals surface area contributed by atoms with Crippen molar-refractivity contribution in [2.45, 2.75) is 25.4 Å². The molecule has 1 aromatic heterocycles. The monoisotopic (exact) mass is 262 g/mol. The van der Waals surface area contributed by atoms with Gasteiger partial charge >= 0.3 is 0 Å². The van der Waals surface area contributed by atoms with Crippen LogP contribution < -0.4 is 0 Å². The number of aromatic nitrogens is 3. The molecule has 0 radical (unpaired) electrons. The smallest absolute Gasteiger partial charge is 0.163 e. The molecule has 104 valence electrons. The summed E-state index contributed by atoms with van der Waals surface area (Å²) in [6.07, 6.45) is 10.2. The van der Waals surface area contributed by atoms with E-state index in [9.17, 15) is 0 Å². The average molecular weight is 262 g/mol. The minimum Gasteiger partial charge on any atom is -0.368 e. The highest BCUT2D eigenvalue weighted by Gasteiger charge is 2.26. The van der Waals surface area contributed by atoms with Crippen LogP contribution in [-0.4, -0.2) is 45.9 Å². The van der Waals surface area contributed by atoms with Crippen molar-refractivity contribution < 1.29 is 4.74 Å². The van der Waals surface area contributed by atoms with Crippen LogP contribution in [0.4, 0.5) is 0 Å². The van der Waals surface area contributed by atoms with Gasteiger partial charge < -0.3 is 9.30 Å². The molecule has 5 heteroatoms. The third kappa shape index (κ3) is 3.04. The van der Waals surface area contributed by atoms with Gasteiger partial charge in [0.15, 0.2) is 5.82 Å². The maximum atomic E-state index is 5.84. The molecule has 1 aromatic rings. The molecule has 3 rings (SSSR count). The first-order valence-electron chi connectivity index (χ1n) is 7.16. The second-order valence-corrected chi connectivity index (χ2v) is 5.57. The summed E-state index contributed by atoms with van der Waals surface area (Å²) in [5, 5.41) is 8.11. The number of hydrogen-bond donors (Lipinski definition) is 0. The van der Waals surface area contributed by atoms with Crippen molar-refractivity contribution in [2.75, 3.05) is 26.2 Å². The normalized spacial score (nSPS) is 28.7. The molecule has 1 aliphatic heterocycles. The first kappa shape index (κ1) is 12.8. The molecule has 0 saturated carbocycles. The lowest BCUT2D eigenvalue weighted by Crippen LogP contribution is -2.41. The first-order valence-corrected chi connectivity index (χ1v) is 7.16. The Morgan fingerprint density at radius 1 is 1.42 bits per heavy atom. The largest absolute Gasteiger partial charge is 0.368 e. The van der Waals surface area contributed by atoms with E-state index in [2.05, 4.69) is 27.2 Å². The predicted octanol–water partition coefficient (Wildman–Crippen LogP) is 1.54. The number of nitrogens with zero attached hydrogens (tertiary/aromatic N) is 4. The van der Waals surface area contributed by atoms with Gasteiger partial charge in [-0.25, -0.2) is 0 Å². The van der Waals surface area contributed by atoms with Crippen LogP contribution in [0.2, 0.25) is 0 Å². The summed E-state index contributed by atoms with van der Waals surface area (Å²) in [4.78, 5) is 2.52. The van der Waals surface area contributed by atoms with Gasteiger partial charge in [-0.2, -0.15) is 0 Å². The van der Waals surface area contributed by atoms with Crippen molar-refractivity contribution in [1.82, 2.24) is 19.7 Å². The molecular weight excluding hydrogens is 240 g/mol. The number of allylic oxidation sites excluding steroid dienone is 2. The molecule has 2 heterocycles. The summed E-state index contributed by atoms with van der Waals surface area (Å²) in [5.41, 5.74) is 0. The van der Waals surface area contributed by atoms with Gasteiger partial charge in [0.05, 0.1) is 6.61 Å². The average Bonchev–Trinajstić information content (AvgIpc) is 2.86. The van der Waals surface area contributed by atoms with Crippen LogP contribution in [0.1, 0.15) is 31.2 Å². The highest BCUT2D eigenvalue weighted by atomic mass is 16.5. The zero-order valence-electron chi connectivity index (χ0n) is 11.5. The summed E-state index contributed by atoms with van der Waals surface area (Å²) in [6, 6.07) is 0. The van der Waals surface area contributed by atoms with Crippen LogP contribution >= 0.6 is 0 Å². The van der Waals surface area contributed by atoms with E-state index in [1.54, 1.807) is 6.33 Å². The Morgan fingerprint density at radius 3 is 3.11 bits per heavy atom. The lowest BCUT2D eigenvalue weighted by molar-refractivity contribution is -0.0403. The zero-order chi connectivity index (χ0) is 13.1. The zero-order valence-corrected chi connectivity index (χ0v) is 11.5.